The van der Waals surface area contributed by atoms with Crippen molar-refractivity contribution in [1.82, 2.24) is 9.21 Å². The topological polar surface area (TPSA) is 74.8 Å². The number of likely N-dealkylation sites (N-methyl/N-ethyl adjacent to an activating group) is 1. The van der Waals surface area contributed by atoms with E-state index in [1.165, 1.54) is 17.7 Å². The lowest BCUT2D eigenvalue weighted by molar-refractivity contribution is -0.132. The number of carbonyl (C=O) groups is 2. The minimum absolute atomic E-state index is 0.0338. The van der Waals surface area contributed by atoms with Crippen molar-refractivity contribution in [1.29, 1.82) is 0 Å². The number of benzene rings is 2. The highest BCUT2D eigenvalue weighted by molar-refractivity contribution is 7.90. The average Bonchev–Trinajstić information content (AvgIpc) is 2.88. The maximum atomic E-state index is 12.9. The van der Waals surface area contributed by atoms with Crippen molar-refractivity contribution in [3.05, 3.63) is 65.2 Å². The molecule has 0 spiro atoms. The summed E-state index contributed by atoms with van der Waals surface area (Å²) in [6.07, 6.45) is 2.76. The minimum atomic E-state index is -3.98. The summed E-state index contributed by atoms with van der Waals surface area (Å²) >= 11 is 0. The summed E-state index contributed by atoms with van der Waals surface area (Å²) in [5, 5.41) is 0. The lowest BCUT2D eigenvalue weighted by Gasteiger charge is -2.34. The molecule has 2 aromatic rings. The van der Waals surface area contributed by atoms with Gasteiger partial charge in [0.25, 0.3) is 15.9 Å². The molecule has 2 amide bonds. The number of sulfonamides is 1. The van der Waals surface area contributed by atoms with Crippen LogP contribution >= 0.6 is 0 Å². The third-order valence-corrected chi connectivity index (χ3v) is 7.18. The van der Waals surface area contributed by atoms with E-state index >= 15 is 0 Å². The van der Waals surface area contributed by atoms with Gasteiger partial charge >= 0.3 is 0 Å². The molecule has 0 radical (unpaired) electrons. The van der Waals surface area contributed by atoms with E-state index in [-0.39, 0.29) is 22.4 Å². The molecule has 2 aliphatic rings. The zero-order chi connectivity index (χ0) is 19.2. The summed E-state index contributed by atoms with van der Waals surface area (Å²) < 4.78 is 26.0. The highest BCUT2D eigenvalue weighted by atomic mass is 32.2. The highest BCUT2D eigenvalue weighted by Crippen LogP contribution is 2.34. The second-order valence-electron chi connectivity index (χ2n) is 6.92. The fourth-order valence-corrected chi connectivity index (χ4v) is 5.44. The Balaban J connectivity index is 1.58. The minimum Gasteiger partial charge on any atom is -0.337 e. The molecule has 0 N–H and O–H groups in total. The van der Waals surface area contributed by atoms with Gasteiger partial charge in [-0.2, -0.15) is 0 Å². The van der Waals surface area contributed by atoms with Gasteiger partial charge in [-0.3, -0.25) is 9.59 Å². The first-order valence-electron chi connectivity index (χ1n) is 8.91. The van der Waals surface area contributed by atoms with E-state index in [2.05, 4.69) is 6.07 Å². The van der Waals surface area contributed by atoms with Crippen molar-refractivity contribution < 1.29 is 18.0 Å². The molecule has 1 heterocycles. The monoisotopic (exact) mass is 384 g/mol. The Morgan fingerprint density at radius 1 is 1.15 bits per heavy atom. The lowest BCUT2D eigenvalue weighted by Crippen LogP contribution is -2.43. The molecule has 0 aromatic heterocycles. The average molecular weight is 384 g/mol. The van der Waals surface area contributed by atoms with Gasteiger partial charge in [0, 0.05) is 7.05 Å². The number of aryl methyl sites for hydroxylation is 1. The van der Waals surface area contributed by atoms with E-state index in [0.29, 0.717) is 4.31 Å². The Kier molecular flexibility index (Phi) is 4.26. The molecule has 7 heteroatoms. The van der Waals surface area contributed by atoms with Crippen LogP contribution in [0.4, 0.5) is 0 Å². The van der Waals surface area contributed by atoms with Crippen LogP contribution in [0.15, 0.2) is 53.4 Å². The van der Waals surface area contributed by atoms with E-state index < -0.39 is 22.5 Å². The molecule has 2 aromatic carbocycles. The van der Waals surface area contributed by atoms with Gasteiger partial charge in [-0.25, -0.2) is 12.7 Å². The molecule has 1 aliphatic heterocycles. The quantitative estimate of drug-likeness (QED) is 0.814. The van der Waals surface area contributed by atoms with E-state index in [9.17, 15) is 18.0 Å². The number of fused-ring (bicyclic) bond motifs is 2. The highest BCUT2D eigenvalue weighted by Gasteiger charge is 2.42. The molecule has 0 saturated heterocycles. The molecule has 0 saturated carbocycles. The first kappa shape index (κ1) is 17.7. The number of nitrogens with zero attached hydrogens (tertiary/aromatic N) is 2. The van der Waals surface area contributed by atoms with Crippen LogP contribution in [0.2, 0.25) is 0 Å². The first-order valence-corrected chi connectivity index (χ1v) is 10.3. The summed E-state index contributed by atoms with van der Waals surface area (Å²) in [6.45, 7) is -0.481. The van der Waals surface area contributed by atoms with Crippen LogP contribution in [-0.4, -0.2) is 43.0 Å². The van der Waals surface area contributed by atoms with Crippen molar-refractivity contribution in [2.24, 2.45) is 0 Å². The van der Waals surface area contributed by atoms with E-state index in [1.54, 1.807) is 24.1 Å². The fraction of sp³-hybridized carbons (Fsp3) is 0.300. The predicted molar refractivity (Wildman–Crippen MR) is 99.6 cm³/mol. The smallest absolute Gasteiger partial charge is 0.269 e. The van der Waals surface area contributed by atoms with Crippen LogP contribution in [0.3, 0.4) is 0 Å². The largest absolute Gasteiger partial charge is 0.337 e. The zero-order valence-electron chi connectivity index (χ0n) is 15.0. The standard InChI is InChI=1S/C20H20N2O4S/c1-21(17-11-6-8-14-7-2-3-9-15(14)17)19(23)13-22-20(24)16-10-4-5-12-18(16)27(22,25)26/h2-5,7,9-10,12,17H,6,8,11,13H2,1H3/t17-/m1/s1. The molecule has 0 fully saturated rings. The van der Waals surface area contributed by atoms with Crippen LogP contribution in [0, 0.1) is 0 Å². The van der Waals surface area contributed by atoms with Gasteiger partial charge in [0.15, 0.2) is 0 Å². The molecular formula is C20H20N2O4S. The molecule has 1 atom stereocenters. The van der Waals surface area contributed by atoms with E-state index in [4.69, 9.17) is 0 Å². The SMILES string of the molecule is CN(C(=O)CN1C(=O)c2ccccc2S1(=O)=O)[C@@H]1CCCc2ccccc21. The van der Waals surface area contributed by atoms with Gasteiger partial charge in [-0.05, 0) is 42.5 Å². The third-order valence-electron chi connectivity index (χ3n) is 5.39. The molecule has 0 bridgehead atoms. The lowest BCUT2D eigenvalue weighted by atomic mass is 9.87. The summed E-state index contributed by atoms with van der Waals surface area (Å²) in [6, 6.07) is 13.9. The molecule has 6 nitrogen and oxygen atoms in total. The van der Waals surface area contributed by atoms with Crippen molar-refractivity contribution in [2.45, 2.75) is 30.2 Å². The normalized spacial score (nSPS) is 20.1. The van der Waals surface area contributed by atoms with Gasteiger partial charge in [-0.15, -0.1) is 0 Å². The second-order valence-corrected chi connectivity index (χ2v) is 8.76. The van der Waals surface area contributed by atoms with Crippen LogP contribution in [0.1, 0.15) is 40.4 Å². The Morgan fingerprint density at radius 2 is 1.85 bits per heavy atom. The van der Waals surface area contributed by atoms with Gasteiger partial charge in [0.05, 0.1) is 11.6 Å². The Labute approximate surface area is 158 Å². The zero-order valence-corrected chi connectivity index (χ0v) is 15.8. The van der Waals surface area contributed by atoms with Gasteiger partial charge in [-0.1, -0.05) is 36.4 Å². The molecule has 4 rings (SSSR count). The summed E-state index contributed by atoms with van der Waals surface area (Å²) in [4.78, 5) is 26.9. The maximum absolute atomic E-state index is 12.9. The number of carbonyl (C=O) groups excluding carboxylic acids is 2. The van der Waals surface area contributed by atoms with Gasteiger partial charge in [0.1, 0.15) is 11.4 Å². The molecule has 27 heavy (non-hydrogen) atoms. The predicted octanol–water partition coefficient (Wildman–Crippen LogP) is 2.37. The Hall–Kier alpha value is -2.67. The number of rotatable bonds is 3. The maximum Gasteiger partial charge on any atom is 0.269 e. The van der Waals surface area contributed by atoms with Gasteiger partial charge in [0.2, 0.25) is 5.91 Å². The number of amides is 2. The Morgan fingerprint density at radius 3 is 2.63 bits per heavy atom. The van der Waals surface area contributed by atoms with Crippen LogP contribution in [0.25, 0.3) is 0 Å². The van der Waals surface area contributed by atoms with Crippen molar-refractivity contribution in [3.8, 4) is 0 Å². The molecule has 1 aliphatic carbocycles. The van der Waals surface area contributed by atoms with Crippen molar-refractivity contribution in [2.75, 3.05) is 13.6 Å². The first-order chi connectivity index (χ1) is 12.9. The summed E-state index contributed by atoms with van der Waals surface area (Å²) in [5.41, 5.74) is 2.43. The third kappa shape index (κ3) is 2.82. The van der Waals surface area contributed by atoms with Crippen LogP contribution in [-0.2, 0) is 21.2 Å². The summed E-state index contributed by atoms with van der Waals surface area (Å²) in [7, 11) is -2.30. The van der Waals surface area contributed by atoms with Crippen molar-refractivity contribution >= 4 is 21.8 Å². The molecule has 0 unspecified atom stereocenters. The van der Waals surface area contributed by atoms with E-state index in [1.807, 2.05) is 18.2 Å². The molecular weight excluding hydrogens is 364 g/mol. The van der Waals surface area contributed by atoms with Gasteiger partial charge < -0.3 is 4.90 Å². The Bertz CT molecular complexity index is 1030. The number of hydrogen-bond donors (Lipinski definition) is 0. The van der Waals surface area contributed by atoms with Crippen LogP contribution in [0.5, 0.6) is 0 Å². The van der Waals surface area contributed by atoms with E-state index in [0.717, 1.165) is 24.8 Å². The second kappa shape index (κ2) is 6.49. The molecule has 140 valence electrons. The number of hydrogen-bond acceptors (Lipinski definition) is 4. The summed E-state index contributed by atoms with van der Waals surface area (Å²) in [5.74, 6) is -1.03. The van der Waals surface area contributed by atoms with Crippen molar-refractivity contribution in [3.63, 3.8) is 0 Å². The van der Waals surface area contributed by atoms with Crippen LogP contribution < -0.4 is 0 Å². The fourth-order valence-electron chi connectivity index (χ4n) is 3.93.